The van der Waals surface area contributed by atoms with Crippen molar-refractivity contribution in [1.29, 1.82) is 0 Å². The number of carbonyl (C=O) groups is 1. The molecule has 5 aromatic rings. The van der Waals surface area contributed by atoms with Crippen LogP contribution in [0.5, 0.6) is 11.5 Å². The van der Waals surface area contributed by atoms with Crippen LogP contribution in [0.4, 0.5) is 10.1 Å². The molecule has 6 rings (SSSR count). The van der Waals surface area contributed by atoms with Crippen molar-refractivity contribution >= 4 is 11.6 Å². The smallest absolute Gasteiger partial charge is 0.335 e. The average Bonchev–Trinajstić information content (AvgIpc) is 3.47. The summed E-state index contributed by atoms with van der Waals surface area (Å²) in [5, 5.41) is 6.95. The van der Waals surface area contributed by atoms with Gasteiger partial charge < -0.3 is 14.8 Å². The lowest BCUT2D eigenvalue weighted by Crippen LogP contribution is -2.43. The van der Waals surface area contributed by atoms with Crippen molar-refractivity contribution in [1.82, 2.24) is 23.9 Å². The molecule has 0 saturated carbocycles. The number of amides is 1. The van der Waals surface area contributed by atoms with Gasteiger partial charge in [-0.1, -0.05) is 0 Å². The van der Waals surface area contributed by atoms with Crippen LogP contribution in [0.15, 0.2) is 95.2 Å². The van der Waals surface area contributed by atoms with E-state index in [9.17, 15) is 18.8 Å². The Bertz CT molecular complexity index is 1910. The fourth-order valence-electron chi connectivity index (χ4n) is 5.09. The zero-order chi connectivity index (χ0) is 30.6. The summed E-state index contributed by atoms with van der Waals surface area (Å²) in [6.45, 7) is 1.47. The van der Waals surface area contributed by atoms with Gasteiger partial charge >= 0.3 is 5.69 Å². The molecule has 1 saturated heterocycles. The normalized spacial score (nSPS) is 13.5. The number of anilines is 1. The largest absolute Gasteiger partial charge is 0.457 e. The molecule has 224 valence electrons. The van der Waals surface area contributed by atoms with Crippen molar-refractivity contribution in [3.8, 4) is 28.3 Å². The second-order valence-corrected chi connectivity index (χ2v) is 10.5. The van der Waals surface area contributed by atoms with E-state index in [1.807, 2.05) is 13.2 Å². The minimum Gasteiger partial charge on any atom is -0.457 e. The molecule has 0 bridgehead atoms. The Labute approximate surface area is 251 Å². The van der Waals surface area contributed by atoms with Gasteiger partial charge in [-0.2, -0.15) is 5.10 Å². The molecule has 1 fully saturated rings. The first kappa shape index (κ1) is 28.7. The molecular formula is C32H29FN6O5. The Kier molecular flexibility index (Phi) is 8.15. The van der Waals surface area contributed by atoms with Gasteiger partial charge in [0, 0.05) is 68.4 Å². The number of aromatic nitrogens is 5. The van der Waals surface area contributed by atoms with Gasteiger partial charge in [0.25, 0.3) is 11.5 Å². The van der Waals surface area contributed by atoms with Gasteiger partial charge in [0.1, 0.15) is 22.9 Å². The monoisotopic (exact) mass is 596 g/mol. The summed E-state index contributed by atoms with van der Waals surface area (Å²) in [4.78, 5) is 44.6. The molecule has 0 unspecified atom stereocenters. The standard InChI is InChI=1S/C32H29FN6O5/c1-37-19-22(16-35-37)27-17-34-13-10-29(27)44-26-8-4-24(5-9-26)36-30(40)28-20-38(18-21-11-14-43-15-12-21)32(42)39(31(28)41)25-6-2-23(33)3-7-25/h2-10,13,16-17,19-21H,11-12,14-15,18H2,1H3,(H,36,40). The van der Waals surface area contributed by atoms with E-state index in [1.54, 1.807) is 53.6 Å². The second kappa shape index (κ2) is 12.5. The third-order valence-electron chi connectivity index (χ3n) is 7.42. The molecule has 4 heterocycles. The summed E-state index contributed by atoms with van der Waals surface area (Å²) >= 11 is 0. The van der Waals surface area contributed by atoms with E-state index in [-0.39, 0.29) is 17.2 Å². The summed E-state index contributed by atoms with van der Waals surface area (Å²) < 4.78 is 29.1. The molecule has 3 aromatic heterocycles. The number of nitrogens with one attached hydrogen (secondary N) is 1. The lowest BCUT2D eigenvalue weighted by atomic mass is 10.0. The first-order valence-electron chi connectivity index (χ1n) is 14.1. The topological polar surface area (TPSA) is 122 Å². The molecule has 1 aliphatic rings. The maximum Gasteiger partial charge on any atom is 0.335 e. The lowest BCUT2D eigenvalue weighted by molar-refractivity contribution is 0.0607. The van der Waals surface area contributed by atoms with Crippen LogP contribution < -0.4 is 21.3 Å². The molecule has 11 nitrogen and oxygen atoms in total. The van der Waals surface area contributed by atoms with Gasteiger partial charge in [0.2, 0.25) is 0 Å². The summed E-state index contributed by atoms with van der Waals surface area (Å²) in [7, 11) is 1.83. The van der Waals surface area contributed by atoms with Crippen LogP contribution in [0.1, 0.15) is 23.2 Å². The Morgan fingerprint density at radius 2 is 1.77 bits per heavy atom. The highest BCUT2D eigenvalue weighted by Crippen LogP contribution is 2.32. The fourth-order valence-corrected chi connectivity index (χ4v) is 5.09. The number of carbonyl (C=O) groups excluding carboxylic acids is 1. The summed E-state index contributed by atoms with van der Waals surface area (Å²) in [5.41, 5.74) is 0.574. The van der Waals surface area contributed by atoms with Crippen LogP contribution in [-0.4, -0.2) is 43.0 Å². The van der Waals surface area contributed by atoms with Crippen LogP contribution in [0.2, 0.25) is 0 Å². The van der Waals surface area contributed by atoms with Crippen molar-refractivity contribution in [3.05, 3.63) is 118 Å². The number of nitrogens with zero attached hydrogens (tertiary/aromatic N) is 5. The number of hydrogen-bond acceptors (Lipinski definition) is 7. The molecule has 1 N–H and O–H groups in total. The van der Waals surface area contributed by atoms with Crippen molar-refractivity contribution < 1.29 is 18.7 Å². The zero-order valence-corrected chi connectivity index (χ0v) is 23.9. The highest BCUT2D eigenvalue weighted by Gasteiger charge is 2.22. The summed E-state index contributed by atoms with van der Waals surface area (Å²) in [6.07, 6.45) is 9.71. The number of ether oxygens (including phenoxy) is 2. The van der Waals surface area contributed by atoms with Gasteiger partial charge in [-0.25, -0.2) is 13.8 Å². The Balaban J connectivity index is 1.26. The molecule has 44 heavy (non-hydrogen) atoms. The zero-order valence-electron chi connectivity index (χ0n) is 23.9. The number of pyridine rings is 1. The van der Waals surface area contributed by atoms with E-state index in [1.165, 1.54) is 22.9 Å². The first-order chi connectivity index (χ1) is 21.4. The number of benzene rings is 2. The molecular weight excluding hydrogens is 567 g/mol. The Morgan fingerprint density at radius 3 is 2.48 bits per heavy atom. The molecule has 1 aliphatic heterocycles. The quantitative estimate of drug-likeness (QED) is 0.282. The fraction of sp³-hybridized carbons (Fsp3) is 0.219. The lowest BCUT2D eigenvalue weighted by Gasteiger charge is -2.23. The van der Waals surface area contributed by atoms with E-state index >= 15 is 0 Å². The van der Waals surface area contributed by atoms with Gasteiger partial charge in [0.15, 0.2) is 0 Å². The van der Waals surface area contributed by atoms with E-state index < -0.39 is 23.0 Å². The van der Waals surface area contributed by atoms with Crippen LogP contribution >= 0.6 is 0 Å². The molecule has 0 aliphatic carbocycles. The number of rotatable bonds is 8. The summed E-state index contributed by atoms with van der Waals surface area (Å²) in [5.74, 6) is 0.0419. The van der Waals surface area contributed by atoms with Gasteiger partial charge in [-0.05, 0) is 73.4 Å². The second-order valence-electron chi connectivity index (χ2n) is 10.5. The van der Waals surface area contributed by atoms with Crippen molar-refractivity contribution in [3.63, 3.8) is 0 Å². The maximum atomic E-state index is 13.6. The number of aryl methyl sites for hydroxylation is 1. The van der Waals surface area contributed by atoms with Crippen LogP contribution in [0.25, 0.3) is 16.8 Å². The number of halogens is 1. The van der Waals surface area contributed by atoms with Crippen molar-refractivity contribution in [2.45, 2.75) is 19.4 Å². The third-order valence-corrected chi connectivity index (χ3v) is 7.42. The first-order valence-corrected chi connectivity index (χ1v) is 14.1. The van der Waals surface area contributed by atoms with Crippen LogP contribution in [-0.2, 0) is 18.3 Å². The van der Waals surface area contributed by atoms with E-state index in [4.69, 9.17) is 9.47 Å². The van der Waals surface area contributed by atoms with Gasteiger partial charge in [-0.3, -0.25) is 23.8 Å². The predicted molar refractivity (Wildman–Crippen MR) is 161 cm³/mol. The highest BCUT2D eigenvalue weighted by atomic mass is 19.1. The SMILES string of the molecule is Cn1cc(-c2cnccc2Oc2ccc(NC(=O)c3cn(CC4CCOCC4)c(=O)n(-c4ccc(F)cc4)c3=O)cc2)cn1. The molecule has 0 radical (unpaired) electrons. The van der Waals surface area contributed by atoms with E-state index in [2.05, 4.69) is 15.4 Å². The molecule has 12 heteroatoms. The van der Waals surface area contributed by atoms with E-state index in [0.717, 1.165) is 40.7 Å². The number of hydrogen-bond donors (Lipinski definition) is 1. The molecule has 2 aromatic carbocycles. The highest BCUT2D eigenvalue weighted by molar-refractivity contribution is 6.03. The third kappa shape index (κ3) is 6.20. The molecule has 0 spiro atoms. The maximum absolute atomic E-state index is 13.6. The van der Waals surface area contributed by atoms with Crippen LogP contribution in [0, 0.1) is 11.7 Å². The minimum absolute atomic E-state index is 0.142. The minimum atomic E-state index is -0.803. The Morgan fingerprint density at radius 1 is 1.02 bits per heavy atom. The predicted octanol–water partition coefficient (Wildman–Crippen LogP) is 4.41. The van der Waals surface area contributed by atoms with Gasteiger partial charge in [-0.15, -0.1) is 0 Å². The Hall–Kier alpha value is -5.36. The van der Waals surface area contributed by atoms with Crippen LogP contribution in [0.3, 0.4) is 0 Å². The van der Waals surface area contributed by atoms with Gasteiger partial charge in [0.05, 0.1) is 11.9 Å². The molecule has 1 amide bonds. The van der Waals surface area contributed by atoms with E-state index in [0.29, 0.717) is 36.9 Å². The van der Waals surface area contributed by atoms with Crippen molar-refractivity contribution in [2.24, 2.45) is 13.0 Å². The molecule has 0 atom stereocenters. The van der Waals surface area contributed by atoms with Crippen molar-refractivity contribution in [2.75, 3.05) is 18.5 Å². The average molecular weight is 597 g/mol. The summed E-state index contributed by atoms with van der Waals surface area (Å²) in [6, 6.07) is 13.4.